The summed E-state index contributed by atoms with van der Waals surface area (Å²) in [7, 11) is 0. The minimum atomic E-state index is -0.620. The third-order valence-corrected chi connectivity index (χ3v) is 4.96. The number of carbonyl (C=O) groups excluding carboxylic acids is 2. The van der Waals surface area contributed by atoms with Crippen LogP contribution < -0.4 is 5.32 Å². The zero-order valence-corrected chi connectivity index (χ0v) is 12.4. The van der Waals surface area contributed by atoms with E-state index in [0.717, 1.165) is 32.1 Å². The van der Waals surface area contributed by atoms with Crippen molar-refractivity contribution in [3.8, 4) is 0 Å². The molecule has 0 aromatic heterocycles. The molecule has 2 atom stereocenters. The fourth-order valence-corrected chi connectivity index (χ4v) is 3.94. The second kappa shape index (κ2) is 5.02. The molecule has 5 nitrogen and oxygen atoms in total. The van der Waals surface area contributed by atoms with Crippen molar-refractivity contribution < 1.29 is 14.3 Å². The Balaban J connectivity index is 1.94. The van der Waals surface area contributed by atoms with Crippen molar-refractivity contribution >= 4 is 11.8 Å². The Morgan fingerprint density at radius 3 is 2.55 bits per heavy atom. The molecule has 1 aliphatic carbocycles. The summed E-state index contributed by atoms with van der Waals surface area (Å²) in [5.41, 5.74) is -0.620. The van der Waals surface area contributed by atoms with Crippen molar-refractivity contribution in [2.45, 2.75) is 63.6 Å². The van der Waals surface area contributed by atoms with Crippen LogP contribution in [0.15, 0.2) is 0 Å². The molecular weight excluding hydrogens is 256 g/mol. The molecule has 3 fully saturated rings. The van der Waals surface area contributed by atoms with Crippen molar-refractivity contribution in [2.75, 3.05) is 13.2 Å². The number of ether oxygens (including phenoxy) is 1. The van der Waals surface area contributed by atoms with Crippen molar-refractivity contribution in [1.29, 1.82) is 0 Å². The van der Waals surface area contributed by atoms with Gasteiger partial charge >= 0.3 is 0 Å². The lowest BCUT2D eigenvalue weighted by Gasteiger charge is -2.48. The molecule has 1 N–H and O–H groups in total. The summed E-state index contributed by atoms with van der Waals surface area (Å²) in [6, 6.07) is -0.279. The predicted octanol–water partition coefficient (Wildman–Crippen LogP) is 1.07. The van der Waals surface area contributed by atoms with Crippen LogP contribution >= 0.6 is 0 Å². The first-order valence-electron chi connectivity index (χ1n) is 7.78. The molecule has 2 heterocycles. The lowest BCUT2D eigenvalue weighted by Crippen LogP contribution is -2.72. The van der Waals surface area contributed by atoms with E-state index in [0.29, 0.717) is 13.2 Å². The molecular formula is C15H24N2O3. The van der Waals surface area contributed by atoms with Gasteiger partial charge in [0.2, 0.25) is 11.8 Å². The average Bonchev–Trinajstić information content (AvgIpc) is 3.04. The van der Waals surface area contributed by atoms with Crippen LogP contribution in [0.5, 0.6) is 0 Å². The van der Waals surface area contributed by atoms with Gasteiger partial charge in [-0.25, -0.2) is 0 Å². The predicted molar refractivity (Wildman–Crippen MR) is 74.0 cm³/mol. The highest BCUT2D eigenvalue weighted by Gasteiger charge is 2.54. The molecule has 0 aromatic rings. The van der Waals surface area contributed by atoms with E-state index in [1.54, 1.807) is 0 Å². The number of carbonyl (C=O) groups is 2. The first-order valence-corrected chi connectivity index (χ1v) is 7.78. The highest BCUT2D eigenvalue weighted by Crippen LogP contribution is 2.37. The van der Waals surface area contributed by atoms with Gasteiger partial charge in [-0.15, -0.1) is 0 Å². The number of rotatable bonds is 2. The molecule has 0 radical (unpaired) electrons. The average molecular weight is 280 g/mol. The molecule has 3 aliphatic rings. The number of hydrogen-bond acceptors (Lipinski definition) is 3. The zero-order chi connectivity index (χ0) is 14.3. The van der Waals surface area contributed by atoms with Crippen LogP contribution in [0.1, 0.15) is 46.0 Å². The Labute approximate surface area is 120 Å². The summed E-state index contributed by atoms with van der Waals surface area (Å²) in [5.74, 6) is 0.274. The van der Waals surface area contributed by atoms with Gasteiger partial charge in [-0.2, -0.15) is 0 Å². The summed E-state index contributed by atoms with van der Waals surface area (Å²) < 4.78 is 5.45. The molecule has 20 heavy (non-hydrogen) atoms. The molecule has 2 amide bonds. The van der Waals surface area contributed by atoms with Gasteiger partial charge in [-0.05, 0) is 25.2 Å². The van der Waals surface area contributed by atoms with E-state index in [1.165, 1.54) is 0 Å². The van der Waals surface area contributed by atoms with Crippen LogP contribution in [-0.4, -0.2) is 47.6 Å². The Morgan fingerprint density at radius 2 is 2.00 bits per heavy atom. The molecule has 0 aromatic carbocycles. The van der Waals surface area contributed by atoms with Crippen LogP contribution in [0.4, 0.5) is 0 Å². The molecule has 5 heteroatoms. The fraction of sp³-hybridized carbons (Fsp3) is 0.867. The maximum Gasteiger partial charge on any atom is 0.249 e. The Morgan fingerprint density at radius 1 is 1.30 bits per heavy atom. The summed E-state index contributed by atoms with van der Waals surface area (Å²) in [4.78, 5) is 27.5. The first-order chi connectivity index (χ1) is 9.55. The van der Waals surface area contributed by atoms with Crippen LogP contribution in [-0.2, 0) is 14.3 Å². The topological polar surface area (TPSA) is 58.6 Å². The molecule has 2 aliphatic heterocycles. The molecule has 1 spiro atoms. The van der Waals surface area contributed by atoms with Gasteiger partial charge in [0.05, 0.1) is 12.6 Å². The van der Waals surface area contributed by atoms with E-state index >= 15 is 0 Å². The van der Waals surface area contributed by atoms with E-state index in [1.807, 2.05) is 18.7 Å². The second-order valence-corrected chi connectivity index (χ2v) is 6.70. The van der Waals surface area contributed by atoms with Crippen LogP contribution in [0.25, 0.3) is 0 Å². The normalized spacial score (nSPS) is 33.2. The van der Waals surface area contributed by atoms with Crippen LogP contribution in [0, 0.1) is 5.92 Å². The molecule has 112 valence electrons. The molecule has 1 saturated carbocycles. The fourth-order valence-electron chi connectivity index (χ4n) is 3.94. The number of amides is 2. The van der Waals surface area contributed by atoms with Crippen molar-refractivity contribution in [3.05, 3.63) is 0 Å². The molecule has 2 saturated heterocycles. The van der Waals surface area contributed by atoms with Gasteiger partial charge in [0.1, 0.15) is 11.6 Å². The summed E-state index contributed by atoms with van der Waals surface area (Å²) >= 11 is 0. The van der Waals surface area contributed by atoms with Crippen molar-refractivity contribution in [1.82, 2.24) is 10.2 Å². The number of hydrogen-bond donors (Lipinski definition) is 1. The Kier molecular flexibility index (Phi) is 3.48. The van der Waals surface area contributed by atoms with Gasteiger partial charge in [0, 0.05) is 6.61 Å². The smallest absolute Gasteiger partial charge is 0.249 e. The Bertz CT molecular complexity index is 409. The van der Waals surface area contributed by atoms with E-state index in [-0.39, 0.29) is 29.8 Å². The highest BCUT2D eigenvalue weighted by molar-refractivity contribution is 6.00. The summed E-state index contributed by atoms with van der Waals surface area (Å²) in [5, 5.41) is 3.06. The number of piperazine rings is 1. The van der Waals surface area contributed by atoms with Gasteiger partial charge in [0.25, 0.3) is 0 Å². The largest absolute Gasteiger partial charge is 0.379 e. The van der Waals surface area contributed by atoms with Crippen molar-refractivity contribution in [3.63, 3.8) is 0 Å². The maximum atomic E-state index is 13.1. The van der Waals surface area contributed by atoms with Crippen LogP contribution in [0.2, 0.25) is 0 Å². The SMILES string of the molecule is CC(C)C1C(=O)NC2(CCCC2)C(=O)N1C1CCOC1. The minimum absolute atomic E-state index is 0.0217. The highest BCUT2D eigenvalue weighted by atomic mass is 16.5. The first kappa shape index (κ1) is 13.9. The lowest BCUT2D eigenvalue weighted by atomic mass is 9.86. The lowest BCUT2D eigenvalue weighted by molar-refractivity contribution is -0.159. The van der Waals surface area contributed by atoms with Gasteiger partial charge in [0.15, 0.2) is 0 Å². The summed E-state index contributed by atoms with van der Waals surface area (Å²) in [6.07, 6.45) is 4.46. The minimum Gasteiger partial charge on any atom is -0.379 e. The summed E-state index contributed by atoms with van der Waals surface area (Å²) in [6.45, 7) is 5.27. The van der Waals surface area contributed by atoms with E-state index in [2.05, 4.69) is 5.32 Å². The van der Waals surface area contributed by atoms with Gasteiger partial charge in [-0.1, -0.05) is 26.7 Å². The third-order valence-electron chi connectivity index (χ3n) is 4.96. The quantitative estimate of drug-likeness (QED) is 0.823. The standard InChI is InChI=1S/C15H24N2O3/c1-10(2)12-13(18)16-15(6-3-4-7-15)14(19)17(12)11-5-8-20-9-11/h10-12H,3-9H2,1-2H3,(H,16,18). The van der Waals surface area contributed by atoms with Gasteiger partial charge < -0.3 is 15.0 Å². The van der Waals surface area contributed by atoms with E-state index in [9.17, 15) is 9.59 Å². The van der Waals surface area contributed by atoms with Crippen molar-refractivity contribution in [2.24, 2.45) is 5.92 Å². The molecule has 3 rings (SSSR count). The van der Waals surface area contributed by atoms with E-state index < -0.39 is 5.54 Å². The second-order valence-electron chi connectivity index (χ2n) is 6.70. The molecule has 0 bridgehead atoms. The third kappa shape index (κ3) is 2.03. The van der Waals surface area contributed by atoms with Gasteiger partial charge in [-0.3, -0.25) is 9.59 Å². The zero-order valence-electron chi connectivity index (χ0n) is 12.4. The Hall–Kier alpha value is -1.10. The monoisotopic (exact) mass is 280 g/mol. The molecule has 2 unspecified atom stereocenters. The number of nitrogens with zero attached hydrogens (tertiary/aromatic N) is 1. The van der Waals surface area contributed by atoms with E-state index in [4.69, 9.17) is 4.74 Å². The maximum absolute atomic E-state index is 13.1. The van der Waals surface area contributed by atoms with Crippen LogP contribution in [0.3, 0.4) is 0 Å². The number of nitrogens with one attached hydrogen (secondary N) is 1.